The lowest BCUT2D eigenvalue weighted by Crippen LogP contribution is -2.53. The Morgan fingerprint density at radius 3 is 2.74 bits per heavy atom. The Labute approximate surface area is 260 Å². The molecule has 1 amide bonds. The fourth-order valence-electron chi connectivity index (χ4n) is 6.25. The average Bonchev–Trinajstić information content (AvgIpc) is 3.64. The van der Waals surface area contributed by atoms with Crippen molar-refractivity contribution in [2.45, 2.75) is 50.0 Å². The molecule has 3 aliphatic rings. The van der Waals surface area contributed by atoms with Crippen LogP contribution in [0.2, 0.25) is 0 Å². The number of thiophene rings is 1. The summed E-state index contributed by atoms with van der Waals surface area (Å²) < 4.78 is 11.7. The monoisotopic (exact) mass is 609 g/mol. The molecule has 1 saturated carbocycles. The molecule has 2 saturated heterocycles. The van der Waals surface area contributed by atoms with Crippen LogP contribution in [0.5, 0.6) is 5.75 Å². The Kier molecular flexibility index (Phi) is 7.86. The van der Waals surface area contributed by atoms with Gasteiger partial charge in [0, 0.05) is 52.6 Å². The first-order chi connectivity index (χ1) is 20.9. The molecule has 9 heteroatoms. The number of carbonyl (C=O) groups is 1. The quantitative estimate of drug-likeness (QED) is 0.267. The molecule has 1 N–H and O–H groups in total. The first kappa shape index (κ1) is 28.7. The number of amides is 1. The number of carbonyl (C=O) groups excluding carboxylic acids is 1. The molecule has 2 aromatic carbocycles. The fraction of sp³-hybridized carbons (Fsp3) is 0.412. The third-order valence-electron chi connectivity index (χ3n) is 9.18. The van der Waals surface area contributed by atoms with E-state index in [2.05, 4.69) is 62.7 Å². The van der Waals surface area contributed by atoms with E-state index in [1.807, 2.05) is 48.7 Å². The Balaban J connectivity index is 1.15. The topological polar surface area (TPSA) is 66.9 Å². The number of rotatable bonds is 9. The van der Waals surface area contributed by atoms with E-state index < -0.39 is 5.54 Å². The van der Waals surface area contributed by atoms with Gasteiger partial charge in [0.1, 0.15) is 5.75 Å². The minimum Gasteiger partial charge on any atom is -0.493 e. The lowest BCUT2D eigenvalue weighted by atomic mass is 9.95. The maximum absolute atomic E-state index is 13.9. The van der Waals surface area contributed by atoms with Crippen LogP contribution in [-0.2, 0) is 16.8 Å². The maximum atomic E-state index is 13.9. The van der Waals surface area contributed by atoms with E-state index in [-0.39, 0.29) is 11.6 Å². The van der Waals surface area contributed by atoms with E-state index in [1.165, 1.54) is 9.75 Å². The predicted octanol–water partition coefficient (Wildman–Crippen LogP) is 5.10. The number of aromatic nitrogens is 1. The van der Waals surface area contributed by atoms with Gasteiger partial charge >= 0.3 is 0 Å². The molecule has 43 heavy (non-hydrogen) atoms. The standard InChI is InChI=1S/C34H37N4O3SSi/c1-22-5-6-24(41-33(43)30-9-13-37(30)2)20-27(22)32(39)36-34(10-11-34)28-18-23(19-29-26(28)4-3-12-35-29)31-8-7-25(42-31)21-38-14-16-40-17-15-38/h3-8,12,18-20,30,33H,9-11,13-17,21H2,1-2H3,(H,36,39)/t30-,33?/m0/s1. The highest BCUT2D eigenvalue weighted by atomic mass is 32.1. The van der Waals surface area contributed by atoms with E-state index in [9.17, 15) is 4.79 Å². The Morgan fingerprint density at radius 2 is 2.00 bits per heavy atom. The van der Waals surface area contributed by atoms with Gasteiger partial charge in [-0.05, 0) is 98.9 Å². The fourth-order valence-corrected chi connectivity index (χ4v) is 7.85. The Bertz CT molecular complexity index is 1650. The second kappa shape index (κ2) is 11.8. The van der Waals surface area contributed by atoms with Gasteiger partial charge in [-0.2, -0.15) is 0 Å². The molecule has 4 aromatic rings. The lowest BCUT2D eigenvalue weighted by molar-refractivity contribution is 0.0346. The van der Waals surface area contributed by atoms with Crippen molar-refractivity contribution >= 4 is 38.4 Å². The van der Waals surface area contributed by atoms with Crippen LogP contribution in [0.25, 0.3) is 21.3 Å². The first-order valence-electron chi connectivity index (χ1n) is 15.2. The number of pyridine rings is 1. The van der Waals surface area contributed by atoms with Gasteiger partial charge in [-0.15, -0.1) is 11.3 Å². The molecule has 221 valence electrons. The summed E-state index contributed by atoms with van der Waals surface area (Å²) in [5.74, 6) is 0.626. The summed E-state index contributed by atoms with van der Waals surface area (Å²) >= 11 is 1.84. The van der Waals surface area contributed by atoms with E-state index >= 15 is 0 Å². The van der Waals surface area contributed by atoms with Gasteiger partial charge in [0.2, 0.25) is 0 Å². The molecule has 1 aliphatic carbocycles. The van der Waals surface area contributed by atoms with Crippen molar-refractivity contribution in [3.05, 3.63) is 82.4 Å². The number of likely N-dealkylation sites (tertiary alicyclic amines) is 1. The second-order valence-electron chi connectivity index (χ2n) is 12.1. The first-order valence-corrected chi connectivity index (χ1v) is 16.6. The van der Waals surface area contributed by atoms with E-state index in [0.717, 1.165) is 86.2 Å². The highest BCUT2D eigenvalue weighted by Gasteiger charge is 2.47. The number of fused-ring (bicyclic) bond motifs is 1. The average molecular weight is 610 g/mol. The van der Waals surface area contributed by atoms with Crippen molar-refractivity contribution in [2.24, 2.45) is 0 Å². The number of nitrogens with zero attached hydrogens (tertiary/aromatic N) is 3. The van der Waals surface area contributed by atoms with Gasteiger partial charge < -0.3 is 19.7 Å². The molecular formula is C34H37N4O3SSi. The van der Waals surface area contributed by atoms with Gasteiger partial charge in [0.05, 0.1) is 40.2 Å². The molecule has 7 rings (SSSR count). The molecule has 0 bridgehead atoms. The Hall–Kier alpha value is -3.08. The largest absolute Gasteiger partial charge is 0.493 e. The zero-order valence-electron chi connectivity index (χ0n) is 24.8. The summed E-state index contributed by atoms with van der Waals surface area (Å²) in [6.45, 7) is 7.56. The predicted molar refractivity (Wildman–Crippen MR) is 172 cm³/mol. The lowest BCUT2D eigenvalue weighted by Gasteiger charge is -2.41. The normalized spacial score (nSPS) is 20.9. The maximum Gasteiger partial charge on any atom is 0.252 e. The molecule has 7 nitrogen and oxygen atoms in total. The van der Waals surface area contributed by atoms with Crippen molar-refractivity contribution in [3.63, 3.8) is 0 Å². The number of hydrogen-bond donors (Lipinski definition) is 1. The Morgan fingerprint density at radius 1 is 1.16 bits per heavy atom. The molecule has 3 fully saturated rings. The number of hydrogen-bond acceptors (Lipinski definition) is 7. The van der Waals surface area contributed by atoms with Crippen LogP contribution in [0.4, 0.5) is 0 Å². The minimum absolute atomic E-state index is 0.0712. The molecular weight excluding hydrogens is 573 g/mol. The number of likely N-dealkylation sites (N-methyl/N-ethyl adjacent to an activating group) is 1. The summed E-state index contributed by atoms with van der Waals surface area (Å²) in [4.78, 5) is 25.9. The number of aryl methyl sites for hydroxylation is 1. The second-order valence-corrected chi connectivity index (χ2v) is 13.9. The smallest absolute Gasteiger partial charge is 0.252 e. The SMILES string of the molecule is Cc1ccc(OC([Si])[C@@H]2CCN2C)cc1C(=O)NC1(c2cc(-c3ccc(CN4CCOCC4)s3)cc3ncccc23)CC1. The zero-order valence-corrected chi connectivity index (χ0v) is 26.6. The van der Waals surface area contributed by atoms with Gasteiger partial charge in [-0.3, -0.25) is 14.7 Å². The molecule has 0 spiro atoms. The van der Waals surface area contributed by atoms with Crippen LogP contribution in [0.1, 0.15) is 45.6 Å². The van der Waals surface area contributed by atoms with Gasteiger partial charge in [0.25, 0.3) is 5.91 Å². The van der Waals surface area contributed by atoms with Crippen LogP contribution in [0, 0.1) is 6.92 Å². The number of nitrogens with one attached hydrogen (secondary N) is 1. The van der Waals surface area contributed by atoms with Crippen LogP contribution in [0.3, 0.4) is 0 Å². The summed E-state index contributed by atoms with van der Waals surface area (Å²) in [5, 5.41) is 4.54. The third kappa shape index (κ3) is 5.89. The van der Waals surface area contributed by atoms with Gasteiger partial charge in [-0.25, -0.2) is 0 Å². The van der Waals surface area contributed by atoms with Crippen molar-refractivity contribution in [2.75, 3.05) is 39.9 Å². The van der Waals surface area contributed by atoms with Gasteiger partial charge in [-0.1, -0.05) is 12.1 Å². The number of ether oxygens (including phenoxy) is 2. The van der Waals surface area contributed by atoms with Crippen LogP contribution in [-0.4, -0.2) is 82.6 Å². The number of morpholine rings is 1. The van der Waals surface area contributed by atoms with E-state index in [0.29, 0.717) is 17.4 Å². The van der Waals surface area contributed by atoms with Crippen molar-refractivity contribution in [1.82, 2.24) is 20.1 Å². The van der Waals surface area contributed by atoms with Crippen LogP contribution < -0.4 is 10.1 Å². The summed E-state index contributed by atoms with van der Waals surface area (Å²) in [5.41, 5.74) is 4.28. The molecule has 4 heterocycles. The molecule has 2 aromatic heterocycles. The zero-order chi connectivity index (χ0) is 29.6. The summed E-state index contributed by atoms with van der Waals surface area (Å²) in [7, 11) is 5.86. The number of benzene rings is 2. The minimum atomic E-state index is -0.419. The van der Waals surface area contributed by atoms with Crippen molar-refractivity contribution < 1.29 is 14.3 Å². The summed E-state index contributed by atoms with van der Waals surface area (Å²) in [6.07, 6.45) is 4.73. The highest BCUT2D eigenvalue weighted by Crippen LogP contribution is 2.49. The molecule has 1 unspecified atom stereocenters. The molecule has 3 radical (unpaired) electrons. The van der Waals surface area contributed by atoms with Crippen molar-refractivity contribution in [3.8, 4) is 16.2 Å². The highest BCUT2D eigenvalue weighted by molar-refractivity contribution is 7.15. The van der Waals surface area contributed by atoms with E-state index in [1.54, 1.807) is 0 Å². The van der Waals surface area contributed by atoms with Crippen molar-refractivity contribution in [1.29, 1.82) is 0 Å². The third-order valence-corrected chi connectivity index (χ3v) is 10.8. The molecule has 2 aliphatic heterocycles. The van der Waals surface area contributed by atoms with Crippen LogP contribution in [0.15, 0.2) is 60.8 Å². The van der Waals surface area contributed by atoms with Gasteiger partial charge in [0.15, 0.2) is 0 Å². The molecule has 2 atom stereocenters. The van der Waals surface area contributed by atoms with Crippen LogP contribution >= 0.6 is 11.3 Å². The van der Waals surface area contributed by atoms with E-state index in [4.69, 9.17) is 14.5 Å². The summed E-state index contributed by atoms with van der Waals surface area (Å²) in [6, 6.07) is 19.2.